The number of hydrogen-bond donors (Lipinski definition) is 2. The minimum atomic E-state index is 0.502. The number of nitrogens with zero attached hydrogens (tertiary/aromatic N) is 2. The van der Waals surface area contributed by atoms with E-state index in [1.54, 1.807) is 12.1 Å². The van der Waals surface area contributed by atoms with Gasteiger partial charge in [0, 0.05) is 18.3 Å². The maximum absolute atomic E-state index is 5.94. The molecule has 0 aliphatic heterocycles. The van der Waals surface area contributed by atoms with Crippen LogP contribution in [0.4, 0.5) is 17.3 Å². The van der Waals surface area contributed by atoms with Crippen LogP contribution in [0, 0.1) is 0 Å². The Bertz CT molecular complexity index is 545. The maximum atomic E-state index is 5.94. The molecule has 1 aromatic heterocycles. The number of benzene rings is 1. The molecule has 0 fully saturated rings. The molecule has 6 heteroatoms. The van der Waals surface area contributed by atoms with Gasteiger partial charge in [0.05, 0.1) is 10.0 Å². The van der Waals surface area contributed by atoms with Gasteiger partial charge in [0.2, 0.25) is 0 Å². The van der Waals surface area contributed by atoms with Crippen molar-refractivity contribution in [1.82, 2.24) is 9.97 Å². The lowest BCUT2D eigenvalue weighted by atomic mass is 10.3. The number of hydrogen-bond acceptors (Lipinski definition) is 4. The highest BCUT2D eigenvalue weighted by Crippen LogP contribution is 2.26. The van der Waals surface area contributed by atoms with Crippen molar-refractivity contribution < 1.29 is 0 Å². The first-order valence-corrected chi connectivity index (χ1v) is 6.22. The van der Waals surface area contributed by atoms with Crippen LogP contribution in [0.2, 0.25) is 10.0 Å². The van der Waals surface area contributed by atoms with E-state index in [-0.39, 0.29) is 0 Å². The number of anilines is 3. The van der Waals surface area contributed by atoms with Gasteiger partial charge in [-0.15, -0.1) is 0 Å². The standard InChI is InChI=1S/C12H12Cl2N4/c1-2-15-11-6-12(17-7-16-11)18-8-3-4-9(13)10(14)5-8/h3-7H,2H2,1H3,(H2,15,16,17,18). The third-order valence-electron chi connectivity index (χ3n) is 2.22. The molecule has 0 amide bonds. The highest BCUT2D eigenvalue weighted by atomic mass is 35.5. The van der Waals surface area contributed by atoms with Crippen LogP contribution >= 0.6 is 23.2 Å². The summed E-state index contributed by atoms with van der Waals surface area (Å²) in [7, 11) is 0. The van der Waals surface area contributed by atoms with Crippen molar-refractivity contribution in [2.45, 2.75) is 6.92 Å². The zero-order valence-electron chi connectivity index (χ0n) is 9.74. The molecule has 2 N–H and O–H groups in total. The Balaban J connectivity index is 2.17. The van der Waals surface area contributed by atoms with E-state index < -0.39 is 0 Å². The van der Waals surface area contributed by atoms with Gasteiger partial charge in [-0.1, -0.05) is 23.2 Å². The minimum absolute atomic E-state index is 0.502. The SMILES string of the molecule is CCNc1cc(Nc2ccc(Cl)c(Cl)c2)ncn1. The summed E-state index contributed by atoms with van der Waals surface area (Å²) in [5.41, 5.74) is 0.825. The van der Waals surface area contributed by atoms with Crippen molar-refractivity contribution in [1.29, 1.82) is 0 Å². The number of halogens is 2. The van der Waals surface area contributed by atoms with Gasteiger partial charge >= 0.3 is 0 Å². The van der Waals surface area contributed by atoms with E-state index in [2.05, 4.69) is 20.6 Å². The smallest absolute Gasteiger partial charge is 0.135 e. The van der Waals surface area contributed by atoms with Crippen molar-refractivity contribution in [3.05, 3.63) is 40.6 Å². The van der Waals surface area contributed by atoms with Crippen LogP contribution in [-0.4, -0.2) is 16.5 Å². The average molecular weight is 283 g/mol. The molecule has 2 rings (SSSR count). The quantitative estimate of drug-likeness (QED) is 0.891. The molecule has 0 aliphatic rings. The summed E-state index contributed by atoms with van der Waals surface area (Å²) in [4.78, 5) is 8.22. The fourth-order valence-electron chi connectivity index (χ4n) is 1.43. The van der Waals surface area contributed by atoms with Gasteiger partial charge in [0.15, 0.2) is 0 Å². The number of aromatic nitrogens is 2. The molecule has 0 unspecified atom stereocenters. The molecule has 0 spiro atoms. The summed E-state index contributed by atoms with van der Waals surface area (Å²) in [5.74, 6) is 1.47. The van der Waals surface area contributed by atoms with Crippen molar-refractivity contribution in [2.75, 3.05) is 17.2 Å². The lowest BCUT2D eigenvalue weighted by Crippen LogP contribution is -2.01. The third kappa shape index (κ3) is 3.24. The molecule has 0 aliphatic carbocycles. The molecule has 0 bridgehead atoms. The van der Waals surface area contributed by atoms with Gasteiger partial charge in [-0.3, -0.25) is 0 Å². The summed E-state index contributed by atoms with van der Waals surface area (Å²) in [6.45, 7) is 2.82. The van der Waals surface area contributed by atoms with Gasteiger partial charge < -0.3 is 10.6 Å². The van der Waals surface area contributed by atoms with Gasteiger partial charge in [-0.05, 0) is 25.1 Å². The van der Waals surface area contributed by atoms with Crippen molar-refractivity contribution in [3.63, 3.8) is 0 Å². The summed E-state index contributed by atoms with van der Waals surface area (Å²) < 4.78 is 0. The highest BCUT2D eigenvalue weighted by Gasteiger charge is 2.02. The second-order valence-corrected chi connectivity index (χ2v) is 4.39. The summed E-state index contributed by atoms with van der Waals surface area (Å²) in [5, 5.41) is 7.28. The molecule has 0 saturated carbocycles. The molecule has 94 valence electrons. The zero-order chi connectivity index (χ0) is 13.0. The summed E-state index contributed by atoms with van der Waals surface area (Å²) in [6, 6.07) is 7.15. The third-order valence-corrected chi connectivity index (χ3v) is 2.96. The molecule has 0 saturated heterocycles. The molecular formula is C12H12Cl2N4. The van der Waals surface area contributed by atoms with Crippen LogP contribution in [-0.2, 0) is 0 Å². The lowest BCUT2D eigenvalue weighted by Gasteiger charge is -2.08. The Labute approximate surface area is 115 Å². The van der Waals surface area contributed by atoms with Crippen molar-refractivity contribution in [2.24, 2.45) is 0 Å². The molecular weight excluding hydrogens is 271 g/mol. The maximum Gasteiger partial charge on any atom is 0.135 e. The van der Waals surface area contributed by atoms with E-state index in [0.29, 0.717) is 15.9 Å². The van der Waals surface area contributed by atoms with Gasteiger partial charge in [0.25, 0.3) is 0 Å². The van der Waals surface area contributed by atoms with Crippen LogP contribution < -0.4 is 10.6 Å². The van der Waals surface area contributed by atoms with Crippen molar-refractivity contribution >= 4 is 40.5 Å². The van der Waals surface area contributed by atoms with E-state index >= 15 is 0 Å². The molecule has 0 atom stereocenters. The predicted molar refractivity (Wildman–Crippen MR) is 75.9 cm³/mol. The molecule has 18 heavy (non-hydrogen) atoms. The zero-order valence-corrected chi connectivity index (χ0v) is 11.3. The van der Waals surface area contributed by atoms with Crippen LogP contribution in [0.25, 0.3) is 0 Å². The average Bonchev–Trinajstić information content (AvgIpc) is 2.35. The Hall–Kier alpha value is -1.52. The van der Waals surface area contributed by atoms with E-state index in [9.17, 15) is 0 Å². The normalized spacial score (nSPS) is 10.2. The van der Waals surface area contributed by atoms with E-state index in [4.69, 9.17) is 23.2 Å². The number of nitrogens with one attached hydrogen (secondary N) is 2. The summed E-state index contributed by atoms with van der Waals surface area (Å²) >= 11 is 11.8. The monoisotopic (exact) mass is 282 g/mol. The molecule has 1 heterocycles. The first-order valence-electron chi connectivity index (χ1n) is 5.47. The van der Waals surface area contributed by atoms with Crippen LogP contribution in [0.1, 0.15) is 6.92 Å². The minimum Gasteiger partial charge on any atom is -0.370 e. The Morgan fingerprint density at radius 1 is 1.06 bits per heavy atom. The van der Waals surface area contributed by atoms with Gasteiger partial charge in [0.1, 0.15) is 18.0 Å². The van der Waals surface area contributed by atoms with E-state index in [0.717, 1.165) is 18.1 Å². The van der Waals surface area contributed by atoms with E-state index in [1.807, 2.05) is 19.1 Å². The molecule has 4 nitrogen and oxygen atoms in total. The Kier molecular flexibility index (Phi) is 4.23. The fourth-order valence-corrected chi connectivity index (χ4v) is 1.72. The fraction of sp³-hybridized carbons (Fsp3) is 0.167. The molecule has 0 radical (unpaired) electrons. The van der Waals surface area contributed by atoms with Crippen LogP contribution in [0.15, 0.2) is 30.6 Å². The van der Waals surface area contributed by atoms with Gasteiger partial charge in [-0.2, -0.15) is 0 Å². The molecule has 2 aromatic rings. The topological polar surface area (TPSA) is 49.8 Å². The first-order chi connectivity index (χ1) is 8.69. The summed E-state index contributed by atoms with van der Waals surface area (Å²) in [6.07, 6.45) is 1.50. The first kappa shape index (κ1) is 12.9. The second-order valence-electron chi connectivity index (χ2n) is 3.57. The number of rotatable bonds is 4. The van der Waals surface area contributed by atoms with E-state index in [1.165, 1.54) is 6.33 Å². The predicted octanol–water partition coefficient (Wildman–Crippen LogP) is 3.96. The molecule has 1 aromatic carbocycles. The Morgan fingerprint density at radius 2 is 1.83 bits per heavy atom. The van der Waals surface area contributed by atoms with Gasteiger partial charge in [-0.25, -0.2) is 9.97 Å². The van der Waals surface area contributed by atoms with Crippen molar-refractivity contribution in [3.8, 4) is 0 Å². The largest absolute Gasteiger partial charge is 0.370 e. The second kappa shape index (κ2) is 5.89. The van der Waals surface area contributed by atoms with Crippen LogP contribution in [0.3, 0.4) is 0 Å². The highest BCUT2D eigenvalue weighted by molar-refractivity contribution is 6.42. The Morgan fingerprint density at radius 3 is 2.56 bits per heavy atom. The lowest BCUT2D eigenvalue weighted by molar-refractivity contribution is 1.11. The van der Waals surface area contributed by atoms with Crippen LogP contribution in [0.5, 0.6) is 0 Å².